The molecular weight excluding hydrogens is 270 g/mol. The quantitative estimate of drug-likeness (QED) is 0.569. The molecule has 19 heavy (non-hydrogen) atoms. The van der Waals surface area contributed by atoms with Crippen molar-refractivity contribution >= 4 is 21.6 Å². The van der Waals surface area contributed by atoms with Crippen LogP contribution in [-0.2, 0) is 19.4 Å². The normalized spacial score (nSPS) is 10.5. The molecule has 0 N–H and O–H groups in total. The second-order valence-electron chi connectivity index (χ2n) is 3.72. The first-order valence-corrected chi connectivity index (χ1v) is 7.00. The molecule has 0 saturated carbocycles. The molecule has 0 heterocycles. The Morgan fingerprint density at radius 2 is 1.79 bits per heavy atom. The number of carbonyl (C=O) groups excluding carboxylic acids is 2. The van der Waals surface area contributed by atoms with E-state index in [9.17, 15) is 18.0 Å². The van der Waals surface area contributed by atoms with Crippen molar-refractivity contribution in [2.24, 2.45) is 0 Å². The molecule has 0 unspecified atom stereocenters. The van der Waals surface area contributed by atoms with Crippen LogP contribution in [0.3, 0.4) is 0 Å². The third-order valence-corrected chi connectivity index (χ3v) is 3.63. The number of rotatable bonds is 5. The second-order valence-corrected chi connectivity index (χ2v) is 5.79. The minimum atomic E-state index is -3.85. The standard InChI is InChI=1S/C12H11NO5S/c1-18-12(15)8-19(16,17)7-11(14)10-4-2-9(6-13)3-5-10/h2-5H,7-8H2,1H3. The lowest BCUT2D eigenvalue weighted by Crippen LogP contribution is -2.24. The lowest BCUT2D eigenvalue weighted by atomic mass is 10.1. The van der Waals surface area contributed by atoms with Crippen LogP contribution in [0.25, 0.3) is 0 Å². The minimum absolute atomic E-state index is 0.174. The monoisotopic (exact) mass is 281 g/mol. The van der Waals surface area contributed by atoms with Crippen molar-refractivity contribution in [3.05, 3.63) is 35.4 Å². The SMILES string of the molecule is COC(=O)CS(=O)(=O)CC(=O)c1ccc(C#N)cc1. The first-order chi connectivity index (χ1) is 8.88. The molecule has 0 amide bonds. The summed E-state index contributed by atoms with van der Waals surface area (Å²) < 4.78 is 27.3. The summed E-state index contributed by atoms with van der Waals surface area (Å²) in [6.07, 6.45) is 0. The molecule has 0 spiro atoms. The van der Waals surface area contributed by atoms with Crippen molar-refractivity contribution < 1.29 is 22.7 Å². The Labute approximate surface area is 110 Å². The average Bonchev–Trinajstić information content (AvgIpc) is 2.37. The van der Waals surface area contributed by atoms with E-state index < -0.39 is 33.1 Å². The molecule has 0 aliphatic rings. The van der Waals surface area contributed by atoms with Crippen LogP contribution in [0.15, 0.2) is 24.3 Å². The summed E-state index contributed by atoms with van der Waals surface area (Å²) in [6.45, 7) is 0. The van der Waals surface area contributed by atoms with Crippen LogP contribution in [-0.4, -0.2) is 38.8 Å². The van der Waals surface area contributed by atoms with Gasteiger partial charge in [-0.1, -0.05) is 12.1 Å². The van der Waals surface area contributed by atoms with Crippen LogP contribution in [0.2, 0.25) is 0 Å². The number of ether oxygens (including phenoxy) is 1. The van der Waals surface area contributed by atoms with Gasteiger partial charge in [-0.05, 0) is 12.1 Å². The number of hydrogen-bond donors (Lipinski definition) is 0. The highest BCUT2D eigenvalue weighted by atomic mass is 32.2. The predicted molar refractivity (Wildman–Crippen MR) is 66.2 cm³/mol. The Kier molecular flexibility index (Phi) is 4.78. The minimum Gasteiger partial charge on any atom is -0.468 e. The molecule has 1 rings (SSSR count). The van der Waals surface area contributed by atoms with Crippen LogP contribution in [0.4, 0.5) is 0 Å². The van der Waals surface area contributed by atoms with Gasteiger partial charge in [-0.3, -0.25) is 9.59 Å². The summed E-state index contributed by atoms with van der Waals surface area (Å²) in [6, 6.07) is 7.46. The van der Waals surface area contributed by atoms with Gasteiger partial charge in [-0.2, -0.15) is 5.26 Å². The fourth-order valence-corrected chi connectivity index (χ4v) is 2.45. The number of methoxy groups -OCH3 is 1. The number of benzene rings is 1. The number of nitriles is 1. The summed E-state index contributed by atoms with van der Waals surface area (Å²) in [5.74, 6) is -3.14. The van der Waals surface area contributed by atoms with E-state index >= 15 is 0 Å². The van der Waals surface area contributed by atoms with Gasteiger partial charge in [0.25, 0.3) is 0 Å². The Bertz CT molecular complexity index is 625. The molecule has 0 aromatic heterocycles. The molecule has 0 bridgehead atoms. The molecule has 0 aliphatic carbocycles. The summed E-state index contributed by atoms with van der Waals surface area (Å²) >= 11 is 0. The van der Waals surface area contributed by atoms with Gasteiger partial charge in [-0.25, -0.2) is 8.42 Å². The highest BCUT2D eigenvalue weighted by Crippen LogP contribution is 2.06. The van der Waals surface area contributed by atoms with E-state index in [2.05, 4.69) is 4.74 Å². The maximum absolute atomic E-state index is 11.7. The second kappa shape index (κ2) is 6.11. The first-order valence-electron chi connectivity index (χ1n) is 5.18. The van der Waals surface area contributed by atoms with Crippen molar-refractivity contribution in [2.75, 3.05) is 18.6 Å². The van der Waals surface area contributed by atoms with Gasteiger partial charge < -0.3 is 4.74 Å². The van der Waals surface area contributed by atoms with Gasteiger partial charge in [0.1, 0.15) is 11.5 Å². The van der Waals surface area contributed by atoms with Crippen molar-refractivity contribution in [1.29, 1.82) is 5.26 Å². The Morgan fingerprint density at radius 1 is 1.21 bits per heavy atom. The van der Waals surface area contributed by atoms with Gasteiger partial charge in [0, 0.05) is 5.56 Å². The van der Waals surface area contributed by atoms with E-state index in [4.69, 9.17) is 5.26 Å². The summed E-state index contributed by atoms with van der Waals surface area (Å²) in [4.78, 5) is 22.6. The summed E-state index contributed by atoms with van der Waals surface area (Å²) in [5, 5.41) is 8.60. The predicted octanol–water partition coefficient (Wildman–Crippen LogP) is 0.329. The number of ketones is 1. The van der Waals surface area contributed by atoms with E-state index in [0.29, 0.717) is 5.56 Å². The molecule has 100 valence electrons. The molecule has 0 atom stereocenters. The zero-order valence-corrected chi connectivity index (χ0v) is 10.9. The van der Waals surface area contributed by atoms with E-state index in [-0.39, 0.29) is 5.56 Å². The Morgan fingerprint density at radius 3 is 2.26 bits per heavy atom. The molecule has 7 heteroatoms. The molecule has 1 aromatic carbocycles. The molecule has 0 aliphatic heterocycles. The highest BCUT2D eigenvalue weighted by Gasteiger charge is 2.22. The molecule has 6 nitrogen and oxygen atoms in total. The van der Waals surface area contributed by atoms with Crippen molar-refractivity contribution in [2.45, 2.75) is 0 Å². The van der Waals surface area contributed by atoms with Crippen molar-refractivity contribution in [3.63, 3.8) is 0 Å². The maximum Gasteiger partial charge on any atom is 0.320 e. The van der Waals surface area contributed by atoms with E-state index in [1.807, 2.05) is 6.07 Å². The van der Waals surface area contributed by atoms with Crippen molar-refractivity contribution in [3.8, 4) is 6.07 Å². The summed E-state index contributed by atoms with van der Waals surface area (Å²) in [7, 11) is -2.78. The van der Waals surface area contributed by atoms with Gasteiger partial charge >= 0.3 is 5.97 Å². The largest absolute Gasteiger partial charge is 0.468 e. The third-order valence-electron chi connectivity index (χ3n) is 2.25. The number of hydrogen-bond acceptors (Lipinski definition) is 6. The van der Waals surface area contributed by atoms with Crippen molar-refractivity contribution in [1.82, 2.24) is 0 Å². The van der Waals surface area contributed by atoms with Gasteiger partial charge in [0.15, 0.2) is 15.6 Å². The number of Topliss-reactive ketones (excluding diaryl/α,β-unsaturated/α-hetero) is 1. The Balaban J connectivity index is 2.79. The van der Waals surface area contributed by atoms with E-state index in [0.717, 1.165) is 7.11 Å². The topological polar surface area (TPSA) is 101 Å². The lowest BCUT2D eigenvalue weighted by Gasteiger charge is -2.03. The van der Waals surface area contributed by atoms with Crippen LogP contribution < -0.4 is 0 Å². The highest BCUT2D eigenvalue weighted by molar-refractivity contribution is 7.92. The van der Waals surface area contributed by atoms with Gasteiger partial charge in [0.2, 0.25) is 0 Å². The third kappa shape index (κ3) is 4.52. The number of carbonyl (C=O) groups is 2. The van der Waals surface area contributed by atoms with E-state index in [1.165, 1.54) is 24.3 Å². The zero-order valence-electron chi connectivity index (χ0n) is 10.1. The Hall–Kier alpha value is -2.20. The van der Waals surface area contributed by atoms with Gasteiger partial charge in [0.05, 0.1) is 18.7 Å². The van der Waals surface area contributed by atoms with Crippen LogP contribution in [0.1, 0.15) is 15.9 Å². The fourth-order valence-electron chi connectivity index (χ4n) is 1.30. The van der Waals surface area contributed by atoms with Crippen LogP contribution in [0, 0.1) is 11.3 Å². The van der Waals surface area contributed by atoms with Gasteiger partial charge in [-0.15, -0.1) is 0 Å². The molecule has 0 fully saturated rings. The molecular formula is C12H11NO5S. The molecule has 1 aromatic rings. The van der Waals surface area contributed by atoms with E-state index in [1.54, 1.807) is 0 Å². The molecule has 0 saturated heterocycles. The average molecular weight is 281 g/mol. The zero-order chi connectivity index (χ0) is 14.5. The summed E-state index contributed by atoms with van der Waals surface area (Å²) in [5.41, 5.74) is 0.543. The first kappa shape index (κ1) is 14.9. The number of sulfone groups is 1. The van der Waals surface area contributed by atoms with Crippen LogP contribution in [0.5, 0.6) is 0 Å². The molecule has 0 radical (unpaired) electrons. The number of esters is 1. The van der Waals surface area contributed by atoms with Crippen LogP contribution >= 0.6 is 0 Å². The number of nitrogens with zero attached hydrogens (tertiary/aromatic N) is 1. The lowest BCUT2D eigenvalue weighted by molar-refractivity contribution is -0.137. The smallest absolute Gasteiger partial charge is 0.320 e. The fraction of sp³-hybridized carbons (Fsp3) is 0.250. The maximum atomic E-state index is 11.7.